The van der Waals surface area contributed by atoms with Crippen molar-refractivity contribution in [3.63, 3.8) is 0 Å². The maximum Gasteiger partial charge on any atom is 0.397 e. The molecule has 2 aliphatic heterocycles. The largest absolute Gasteiger partial charge is 0.506 e. The van der Waals surface area contributed by atoms with Crippen LogP contribution in [0, 0.1) is 0 Å². The van der Waals surface area contributed by atoms with Crippen LogP contribution in [0.2, 0.25) is 0 Å². The highest BCUT2D eigenvalue weighted by Gasteiger charge is 2.52. The van der Waals surface area contributed by atoms with Crippen LogP contribution in [0.3, 0.4) is 0 Å². The van der Waals surface area contributed by atoms with Gasteiger partial charge in [-0.1, -0.05) is 0 Å². The number of aliphatic hydroxyl groups excluding tert-OH is 5. The summed E-state index contributed by atoms with van der Waals surface area (Å²) in [7, 11) is -5.23. The minimum Gasteiger partial charge on any atom is -0.506 e. The summed E-state index contributed by atoms with van der Waals surface area (Å²) in [5, 5.41) is 60.3. The van der Waals surface area contributed by atoms with Crippen LogP contribution in [0.4, 0.5) is 0 Å². The van der Waals surface area contributed by atoms with Gasteiger partial charge in [-0.3, -0.25) is 9.35 Å². The molecule has 2 aliphatic rings. The van der Waals surface area contributed by atoms with Gasteiger partial charge in [0, 0.05) is 6.92 Å². The van der Waals surface area contributed by atoms with Crippen LogP contribution in [0.15, 0.2) is 11.5 Å². The molecule has 178 valence electrons. The highest BCUT2D eigenvalue weighted by atomic mass is 32.3. The van der Waals surface area contributed by atoms with Crippen molar-refractivity contribution in [3.05, 3.63) is 11.5 Å². The fourth-order valence-corrected chi connectivity index (χ4v) is 3.50. The Morgan fingerprint density at radius 2 is 1.81 bits per heavy atom. The first-order chi connectivity index (χ1) is 14.3. The minimum atomic E-state index is -5.23. The third-order valence-electron chi connectivity index (χ3n) is 4.28. The zero-order chi connectivity index (χ0) is 23.7. The monoisotopic (exact) mass is 475 g/mol. The standard InChI is InChI=1S/C14H21NO15S/c1-3(17)15-5-10(9(30-31(24,25)26)4(2-16)27-13(5)23)28-14-8(20)6(18)7(19)11(29-14)12(21)22/h4-6,8-10,13-14,16,18-20,23H,2H2,1H3,(H,15,17)(H,21,22)(H,24,25,26)/t4-,5-,6+,8-,9+,10-,13-,14-/m1/s1. The Kier molecular flexibility index (Phi) is 7.79. The molecule has 1 saturated heterocycles. The number of nitrogens with one attached hydrogen (secondary N) is 1. The predicted octanol–water partition coefficient (Wildman–Crippen LogP) is -4.29. The van der Waals surface area contributed by atoms with Crippen molar-refractivity contribution in [1.82, 2.24) is 5.32 Å². The van der Waals surface area contributed by atoms with Gasteiger partial charge in [0.1, 0.15) is 36.6 Å². The number of carboxylic acids is 1. The molecule has 2 heterocycles. The van der Waals surface area contributed by atoms with Gasteiger partial charge in [0.05, 0.1) is 6.61 Å². The summed E-state index contributed by atoms with van der Waals surface area (Å²) in [5.74, 6) is -5.09. The average Bonchev–Trinajstić information content (AvgIpc) is 2.64. The van der Waals surface area contributed by atoms with E-state index in [0.717, 1.165) is 6.92 Å². The minimum absolute atomic E-state index is 0.789. The number of carbonyl (C=O) groups is 2. The second kappa shape index (κ2) is 9.59. The van der Waals surface area contributed by atoms with Crippen molar-refractivity contribution in [2.45, 2.75) is 56.1 Å². The van der Waals surface area contributed by atoms with E-state index in [9.17, 15) is 43.5 Å². The van der Waals surface area contributed by atoms with E-state index in [0.29, 0.717) is 0 Å². The molecular formula is C14H21NO15S. The molecule has 0 aliphatic carbocycles. The van der Waals surface area contributed by atoms with Crippen molar-refractivity contribution >= 4 is 22.3 Å². The van der Waals surface area contributed by atoms with Crippen molar-refractivity contribution < 1.29 is 71.6 Å². The van der Waals surface area contributed by atoms with Crippen LogP contribution in [-0.4, -0.2) is 111 Å². The van der Waals surface area contributed by atoms with Crippen molar-refractivity contribution in [2.75, 3.05) is 6.61 Å². The van der Waals surface area contributed by atoms with Crippen LogP contribution in [-0.2, 0) is 38.4 Å². The molecule has 31 heavy (non-hydrogen) atoms. The van der Waals surface area contributed by atoms with E-state index in [-0.39, 0.29) is 0 Å². The van der Waals surface area contributed by atoms with Crippen LogP contribution in [0.5, 0.6) is 0 Å². The Morgan fingerprint density at radius 1 is 1.19 bits per heavy atom. The van der Waals surface area contributed by atoms with Crippen molar-refractivity contribution in [1.29, 1.82) is 0 Å². The fraction of sp³-hybridized carbons (Fsp3) is 0.714. The van der Waals surface area contributed by atoms with E-state index in [4.69, 9.17) is 23.9 Å². The first kappa shape index (κ1) is 25.2. The molecule has 0 unspecified atom stereocenters. The van der Waals surface area contributed by atoms with Gasteiger partial charge in [-0.2, -0.15) is 8.42 Å². The highest BCUT2D eigenvalue weighted by molar-refractivity contribution is 7.80. The predicted molar refractivity (Wildman–Crippen MR) is 91.0 cm³/mol. The molecule has 8 N–H and O–H groups in total. The van der Waals surface area contributed by atoms with Gasteiger partial charge < -0.3 is 50.2 Å². The number of aliphatic hydroxyl groups is 5. The SMILES string of the molecule is CC(=O)N[C@@H]1[C@@H](O[C@@H]2OC(C(=O)O)=C(O)[C@H](O)[C@H]2O)[C@@H](OS(=O)(=O)O)[C@@H](CO)O[C@H]1O. The van der Waals surface area contributed by atoms with E-state index in [2.05, 4.69) is 9.50 Å². The first-order valence-corrected chi connectivity index (χ1v) is 9.85. The molecule has 0 saturated carbocycles. The zero-order valence-electron chi connectivity index (χ0n) is 15.6. The topological polar surface area (TPSA) is 259 Å². The highest BCUT2D eigenvalue weighted by Crippen LogP contribution is 2.31. The molecule has 0 bridgehead atoms. The normalized spacial score (nSPS) is 36.6. The number of ether oxygens (including phenoxy) is 3. The van der Waals surface area contributed by atoms with Crippen LogP contribution < -0.4 is 5.32 Å². The zero-order valence-corrected chi connectivity index (χ0v) is 16.4. The Hall–Kier alpha value is -2.09. The molecule has 2 rings (SSSR count). The second-order valence-corrected chi connectivity index (χ2v) is 7.55. The number of hydrogen-bond acceptors (Lipinski definition) is 13. The molecule has 16 nitrogen and oxygen atoms in total. The van der Waals surface area contributed by atoms with E-state index in [1.165, 1.54) is 0 Å². The third kappa shape index (κ3) is 5.79. The third-order valence-corrected chi connectivity index (χ3v) is 4.75. The molecule has 1 fully saturated rings. The van der Waals surface area contributed by atoms with Gasteiger partial charge >= 0.3 is 16.4 Å². The van der Waals surface area contributed by atoms with E-state index >= 15 is 0 Å². The van der Waals surface area contributed by atoms with Gasteiger partial charge in [-0.25, -0.2) is 8.98 Å². The lowest BCUT2D eigenvalue weighted by molar-refractivity contribution is -0.301. The molecule has 8 atom stereocenters. The van der Waals surface area contributed by atoms with Gasteiger partial charge in [0.15, 0.2) is 12.0 Å². The van der Waals surface area contributed by atoms with Gasteiger partial charge in [-0.15, -0.1) is 0 Å². The van der Waals surface area contributed by atoms with E-state index in [1.807, 2.05) is 0 Å². The number of aliphatic carboxylic acids is 1. The Balaban J connectivity index is 2.45. The van der Waals surface area contributed by atoms with Crippen molar-refractivity contribution in [2.24, 2.45) is 0 Å². The van der Waals surface area contributed by atoms with Crippen LogP contribution >= 0.6 is 0 Å². The summed E-state index contributed by atoms with van der Waals surface area (Å²) in [6, 6.07) is -1.66. The number of rotatable bonds is 7. The van der Waals surface area contributed by atoms with Crippen LogP contribution in [0.1, 0.15) is 6.92 Å². The van der Waals surface area contributed by atoms with Gasteiger partial charge in [0.25, 0.3) is 0 Å². The van der Waals surface area contributed by atoms with E-state index in [1.54, 1.807) is 0 Å². The van der Waals surface area contributed by atoms with Crippen molar-refractivity contribution in [3.8, 4) is 0 Å². The molecule has 0 spiro atoms. The summed E-state index contributed by atoms with van der Waals surface area (Å²) in [6.45, 7) is 0.0151. The Labute approximate surface area is 174 Å². The summed E-state index contributed by atoms with van der Waals surface area (Å²) >= 11 is 0. The molecule has 0 radical (unpaired) electrons. The molecule has 0 aromatic carbocycles. The molecular weight excluding hydrogens is 454 g/mol. The van der Waals surface area contributed by atoms with Gasteiger partial charge in [0.2, 0.25) is 18.0 Å². The lowest BCUT2D eigenvalue weighted by Crippen LogP contribution is -2.67. The number of amides is 1. The Morgan fingerprint density at radius 3 is 2.29 bits per heavy atom. The first-order valence-electron chi connectivity index (χ1n) is 8.48. The number of hydrogen-bond donors (Lipinski definition) is 8. The lowest BCUT2D eigenvalue weighted by Gasteiger charge is -2.45. The second-order valence-electron chi connectivity index (χ2n) is 6.50. The molecule has 1 amide bonds. The van der Waals surface area contributed by atoms with Gasteiger partial charge in [-0.05, 0) is 0 Å². The molecule has 17 heteroatoms. The van der Waals surface area contributed by atoms with Crippen LogP contribution in [0.25, 0.3) is 0 Å². The Bertz CT molecular complexity index is 828. The summed E-state index contributed by atoms with van der Waals surface area (Å²) in [6.07, 6.45) is -13.9. The molecule has 0 aromatic heterocycles. The maximum atomic E-state index is 11.5. The van der Waals surface area contributed by atoms with E-state index < -0.39 is 89.5 Å². The fourth-order valence-electron chi connectivity index (χ4n) is 2.99. The molecule has 0 aromatic rings. The number of carboxylic acid groups (broad SMARTS) is 1. The lowest BCUT2D eigenvalue weighted by atomic mass is 9.96. The number of carbonyl (C=O) groups excluding carboxylic acids is 1. The summed E-state index contributed by atoms with van der Waals surface area (Å²) < 4.78 is 51.1. The summed E-state index contributed by atoms with van der Waals surface area (Å²) in [4.78, 5) is 22.7. The smallest absolute Gasteiger partial charge is 0.397 e. The quantitative estimate of drug-likeness (QED) is 0.162. The summed E-state index contributed by atoms with van der Waals surface area (Å²) in [5.41, 5.74) is 0. The maximum absolute atomic E-state index is 11.5. The average molecular weight is 475 g/mol.